The van der Waals surface area contributed by atoms with Crippen molar-refractivity contribution in [2.24, 2.45) is 0 Å². The Labute approximate surface area is 63.2 Å². The van der Waals surface area contributed by atoms with Gasteiger partial charge in [0.2, 0.25) is 6.41 Å². The molecule has 0 atom stereocenters. The van der Waals surface area contributed by atoms with E-state index in [1.165, 1.54) is 0 Å². The fourth-order valence-corrected chi connectivity index (χ4v) is 0.876. The monoisotopic (exact) mass is 143 g/mol. The van der Waals surface area contributed by atoms with E-state index in [0.29, 0.717) is 0 Å². The first kappa shape index (κ1) is 9.47. The predicted molar refractivity (Wildman–Crippen MR) is 42.8 cm³/mol. The lowest BCUT2D eigenvalue weighted by molar-refractivity contribution is -0.121. The van der Waals surface area contributed by atoms with Gasteiger partial charge in [-0.25, -0.2) is 0 Å². The smallest absolute Gasteiger partial charge is 0.209 e. The maximum atomic E-state index is 10.4. The van der Waals surface area contributed by atoms with Gasteiger partial charge in [0.1, 0.15) is 0 Å². The fraction of sp³-hybridized carbons (Fsp3) is 0.875. The molecule has 0 aliphatic rings. The van der Waals surface area contributed by atoms with E-state index >= 15 is 0 Å². The maximum absolute atomic E-state index is 10.4. The molecule has 0 heterocycles. The Hall–Kier alpha value is -0.530. The third kappa shape index (κ3) is 1.72. The highest BCUT2D eigenvalue weighted by Crippen LogP contribution is 2.19. The lowest BCUT2D eigenvalue weighted by Gasteiger charge is -2.34. The van der Waals surface area contributed by atoms with Gasteiger partial charge in [0.05, 0.1) is 0 Å². The third-order valence-corrected chi connectivity index (χ3v) is 2.53. The fourth-order valence-electron chi connectivity index (χ4n) is 0.876. The van der Waals surface area contributed by atoms with Crippen LogP contribution in [-0.4, -0.2) is 23.9 Å². The number of amides is 1. The highest BCUT2D eigenvalue weighted by Gasteiger charge is 2.23. The summed E-state index contributed by atoms with van der Waals surface area (Å²) >= 11 is 0. The summed E-state index contributed by atoms with van der Waals surface area (Å²) in [5.74, 6) is 0. The van der Waals surface area contributed by atoms with Gasteiger partial charge in [0.25, 0.3) is 0 Å². The van der Waals surface area contributed by atoms with Crippen LogP contribution in [0.5, 0.6) is 0 Å². The predicted octanol–water partition coefficient (Wildman–Crippen LogP) is 1.65. The molecule has 0 saturated carbocycles. The van der Waals surface area contributed by atoms with Crippen LogP contribution in [0.1, 0.15) is 33.6 Å². The van der Waals surface area contributed by atoms with E-state index in [1.54, 1.807) is 4.90 Å². The maximum Gasteiger partial charge on any atom is 0.209 e. The van der Waals surface area contributed by atoms with Crippen molar-refractivity contribution in [1.82, 2.24) is 4.90 Å². The molecule has 2 heteroatoms. The SMILES string of the molecule is CCC(C)(CC)N(C)C=O. The van der Waals surface area contributed by atoms with Gasteiger partial charge in [-0.05, 0) is 19.8 Å². The summed E-state index contributed by atoms with van der Waals surface area (Å²) < 4.78 is 0. The van der Waals surface area contributed by atoms with Crippen molar-refractivity contribution in [1.29, 1.82) is 0 Å². The molecular weight excluding hydrogens is 126 g/mol. The van der Waals surface area contributed by atoms with Crippen molar-refractivity contribution >= 4 is 6.41 Å². The van der Waals surface area contributed by atoms with Crippen LogP contribution >= 0.6 is 0 Å². The first-order valence-corrected chi connectivity index (χ1v) is 3.79. The van der Waals surface area contributed by atoms with E-state index in [0.717, 1.165) is 19.3 Å². The molecule has 0 aliphatic heterocycles. The standard InChI is InChI=1S/C8H17NO/c1-5-8(3,6-2)9(4)7-10/h7H,5-6H2,1-4H3. The molecule has 0 aromatic carbocycles. The molecule has 0 rings (SSSR count). The normalized spacial score (nSPS) is 11.2. The molecule has 0 radical (unpaired) electrons. The summed E-state index contributed by atoms with van der Waals surface area (Å²) in [6, 6.07) is 0. The van der Waals surface area contributed by atoms with Gasteiger partial charge in [-0.15, -0.1) is 0 Å². The molecule has 0 bridgehead atoms. The van der Waals surface area contributed by atoms with Gasteiger partial charge in [0.15, 0.2) is 0 Å². The molecule has 0 spiro atoms. The summed E-state index contributed by atoms with van der Waals surface area (Å²) in [7, 11) is 1.83. The molecule has 0 saturated heterocycles. The minimum atomic E-state index is 0.0573. The van der Waals surface area contributed by atoms with E-state index in [-0.39, 0.29) is 5.54 Å². The zero-order chi connectivity index (χ0) is 8.20. The number of hydrogen-bond acceptors (Lipinski definition) is 1. The van der Waals surface area contributed by atoms with Gasteiger partial charge in [-0.3, -0.25) is 4.79 Å². The largest absolute Gasteiger partial charge is 0.343 e. The first-order valence-electron chi connectivity index (χ1n) is 3.79. The summed E-state index contributed by atoms with van der Waals surface area (Å²) in [5, 5.41) is 0. The Bertz CT molecular complexity index is 108. The Morgan fingerprint density at radius 1 is 1.40 bits per heavy atom. The Morgan fingerprint density at radius 2 is 1.80 bits per heavy atom. The van der Waals surface area contributed by atoms with E-state index in [9.17, 15) is 4.79 Å². The molecule has 0 aromatic heterocycles. The van der Waals surface area contributed by atoms with Crippen LogP contribution in [0.4, 0.5) is 0 Å². The zero-order valence-corrected chi connectivity index (χ0v) is 7.35. The van der Waals surface area contributed by atoms with E-state index < -0.39 is 0 Å². The Morgan fingerprint density at radius 3 is 1.90 bits per heavy atom. The highest BCUT2D eigenvalue weighted by atomic mass is 16.1. The van der Waals surface area contributed by atoms with Gasteiger partial charge in [0, 0.05) is 12.6 Å². The Kier molecular flexibility index (Phi) is 3.40. The van der Waals surface area contributed by atoms with Crippen molar-refractivity contribution in [2.45, 2.75) is 39.2 Å². The molecule has 0 N–H and O–H groups in total. The summed E-state index contributed by atoms with van der Waals surface area (Å²) in [4.78, 5) is 12.1. The summed E-state index contributed by atoms with van der Waals surface area (Å²) in [5.41, 5.74) is 0.0573. The lowest BCUT2D eigenvalue weighted by atomic mass is 9.94. The number of carbonyl (C=O) groups excluding carboxylic acids is 1. The number of rotatable bonds is 4. The van der Waals surface area contributed by atoms with Crippen molar-refractivity contribution in [3.8, 4) is 0 Å². The average Bonchev–Trinajstić information content (AvgIpc) is 2.01. The zero-order valence-electron chi connectivity index (χ0n) is 7.35. The quantitative estimate of drug-likeness (QED) is 0.548. The number of carbonyl (C=O) groups is 1. The van der Waals surface area contributed by atoms with Crippen LogP contribution in [0.3, 0.4) is 0 Å². The molecule has 1 amide bonds. The summed E-state index contributed by atoms with van der Waals surface area (Å²) in [6.07, 6.45) is 2.92. The van der Waals surface area contributed by atoms with E-state index in [4.69, 9.17) is 0 Å². The molecule has 2 nitrogen and oxygen atoms in total. The van der Waals surface area contributed by atoms with Crippen LogP contribution in [0.25, 0.3) is 0 Å². The highest BCUT2D eigenvalue weighted by molar-refractivity contribution is 5.48. The van der Waals surface area contributed by atoms with Gasteiger partial charge in [-0.2, -0.15) is 0 Å². The van der Waals surface area contributed by atoms with Crippen molar-refractivity contribution in [2.75, 3.05) is 7.05 Å². The van der Waals surface area contributed by atoms with Crippen molar-refractivity contribution in [3.63, 3.8) is 0 Å². The number of nitrogens with zero attached hydrogens (tertiary/aromatic N) is 1. The van der Waals surface area contributed by atoms with Gasteiger partial charge < -0.3 is 4.90 Å². The first-order chi connectivity index (χ1) is 4.60. The van der Waals surface area contributed by atoms with E-state index in [1.807, 2.05) is 7.05 Å². The minimum Gasteiger partial charge on any atom is -0.343 e. The molecule has 0 aliphatic carbocycles. The lowest BCUT2D eigenvalue weighted by Crippen LogP contribution is -2.41. The van der Waals surface area contributed by atoms with Crippen LogP contribution in [0.2, 0.25) is 0 Å². The molecule has 0 unspecified atom stereocenters. The summed E-state index contributed by atoms with van der Waals surface area (Å²) in [6.45, 7) is 6.30. The molecule has 60 valence electrons. The van der Waals surface area contributed by atoms with Crippen molar-refractivity contribution in [3.05, 3.63) is 0 Å². The second-order valence-corrected chi connectivity index (χ2v) is 2.92. The van der Waals surface area contributed by atoms with Crippen LogP contribution in [0, 0.1) is 0 Å². The second kappa shape index (κ2) is 3.59. The molecular formula is C8H17NO. The van der Waals surface area contributed by atoms with Gasteiger partial charge in [-0.1, -0.05) is 13.8 Å². The topological polar surface area (TPSA) is 20.3 Å². The molecule has 0 fully saturated rings. The van der Waals surface area contributed by atoms with Crippen molar-refractivity contribution < 1.29 is 4.79 Å². The van der Waals surface area contributed by atoms with Gasteiger partial charge >= 0.3 is 0 Å². The van der Waals surface area contributed by atoms with Crippen LogP contribution in [-0.2, 0) is 4.79 Å². The van der Waals surface area contributed by atoms with E-state index in [2.05, 4.69) is 20.8 Å². The minimum absolute atomic E-state index is 0.0573. The average molecular weight is 143 g/mol. The third-order valence-electron chi connectivity index (χ3n) is 2.53. The number of hydrogen-bond donors (Lipinski definition) is 0. The second-order valence-electron chi connectivity index (χ2n) is 2.92. The van der Waals surface area contributed by atoms with Crippen LogP contribution in [0.15, 0.2) is 0 Å². The molecule has 10 heavy (non-hydrogen) atoms. The molecule has 0 aromatic rings. The Balaban J connectivity index is 4.15. The van der Waals surface area contributed by atoms with Crippen LogP contribution < -0.4 is 0 Å².